The maximum Gasteiger partial charge on any atom is 0.127 e. The summed E-state index contributed by atoms with van der Waals surface area (Å²) in [6.07, 6.45) is -1.05. The molecule has 3 nitrogen and oxygen atoms in total. The minimum Gasteiger partial charge on any atom is -0.488 e. The van der Waals surface area contributed by atoms with Crippen LogP contribution in [0, 0.1) is 5.82 Å². The Bertz CT molecular complexity index is 326. The molecule has 0 spiro atoms. The number of rotatable bonds is 4. The Morgan fingerprint density at radius 2 is 2.00 bits per heavy atom. The SMILES string of the molecule is CC(O)C(C)Oc1cc(F)cc(CO)c1. The third-order valence-electron chi connectivity index (χ3n) is 2.11. The third-order valence-corrected chi connectivity index (χ3v) is 2.11. The summed E-state index contributed by atoms with van der Waals surface area (Å²) in [4.78, 5) is 0. The average Bonchev–Trinajstić information content (AvgIpc) is 2.16. The molecule has 15 heavy (non-hydrogen) atoms. The van der Waals surface area contributed by atoms with Gasteiger partial charge in [0.1, 0.15) is 17.7 Å². The van der Waals surface area contributed by atoms with Crippen LogP contribution in [0.25, 0.3) is 0 Å². The first-order valence-corrected chi connectivity index (χ1v) is 4.78. The van der Waals surface area contributed by atoms with Crippen molar-refractivity contribution in [2.75, 3.05) is 0 Å². The second kappa shape index (κ2) is 5.09. The zero-order chi connectivity index (χ0) is 11.4. The van der Waals surface area contributed by atoms with Crippen LogP contribution in [0.5, 0.6) is 5.75 Å². The van der Waals surface area contributed by atoms with E-state index in [0.29, 0.717) is 11.3 Å². The normalized spacial score (nSPS) is 14.7. The lowest BCUT2D eigenvalue weighted by Gasteiger charge is -2.17. The van der Waals surface area contributed by atoms with Gasteiger partial charge in [0.2, 0.25) is 0 Å². The van der Waals surface area contributed by atoms with Gasteiger partial charge in [0.25, 0.3) is 0 Å². The molecule has 2 N–H and O–H groups in total. The van der Waals surface area contributed by atoms with Crippen molar-refractivity contribution >= 4 is 0 Å². The topological polar surface area (TPSA) is 49.7 Å². The van der Waals surface area contributed by atoms with E-state index in [1.54, 1.807) is 19.9 Å². The maximum atomic E-state index is 13.0. The molecule has 0 bridgehead atoms. The van der Waals surface area contributed by atoms with Crippen molar-refractivity contribution in [2.24, 2.45) is 0 Å². The first kappa shape index (κ1) is 11.9. The van der Waals surface area contributed by atoms with E-state index < -0.39 is 18.0 Å². The minimum absolute atomic E-state index is 0.239. The van der Waals surface area contributed by atoms with Gasteiger partial charge in [0.15, 0.2) is 0 Å². The second-order valence-electron chi connectivity index (χ2n) is 3.52. The van der Waals surface area contributed by atoms with E-state index in [4.69, 9.17) is 9.84 Å². The van der Waals surface area contributed by atoms with E-state index in [0.717, 1.165) is 0 Å². The Morgan fingerprint density at radius 1 is 1.33 bits per heavy atom. The summed E-state index contributed by atoms with van der Waals surface area (Å²) in [6, 6.07) is 4.00. The number of halogens is 1. The van der Waals surface area contributed by atoms with Crippen molar-refractivity contribution in [3.8, 4) is 5.75 Å². The van der Waals surface area contributed by atoms with Crippen LogP contribution in [0.4, 0.5) is 4.39 Å². The first-order valence-electron chi connectivity index (χ1n) is 4.78. The van der Waals surface area contributed by atoms with Gasteiger partial charge in [-0.3, -0.25) is 0 Å². The molecule has 0 radical (unpaired) electrons. The molecule has 84 valence electrons. The van der Waals surface area contributed by atoms with Gasteiger partial charge in [-0.1, -0.05) is 0 Å². The largest absolute Gasteiger partial charge is 0.488 e. The summed E-state index contributed by atoms with van der Waals surface area (Å²) in [6.45, 7) is 3.04. The molecule has 0 saturated heterocycles. The fourth-order valence-electron chi connectivity index (χ4n) is 1.09. The van der Waals surface area contributed by atoms with E-state index in [1.807, 2.05) is 0 Å². The number of ether oxygens (including phenoxy) is 1. The Morgan fingerprint density at radius 3 is 2.53 bits per heavy atom. The highest BCUT2D eigenvalue weighted by atomic mass is 19.1. The van der Waals surface area contributed by atoms with Gasteiger partial charge in [-0.25, -0.2) is 4.39 Å². The lowest BCUT2D eigenvalue weighted by molar-refractivity contribution is 0.0601. The monoisotopic (exact) mass is 214 g/mol. The Hall–Kier alpha value is -1.13. The quantitative estimate of drug-likeness (QED) is 0.797. The van der Waals surface area contributed by atoms with Crippen LogP contribution < -0.4 is 4.74 Å². The molecular formula is C11H15FO3. The maximum absolute atomic E-state index is 13.0. The highest BCUT2D eigenvalue weighted by Gasteiger charge is 2.11. The Balaban J connectivity index is 2.80. The second-order valence-corrected chi connectivity index (χ2v) is 3.52. The van der Waals surface area contributed by atoms with Crippen molar-refractivity contribution in [1.82, 2.24) is 0 Å². The lowest BCUT2D eigenvalue weighted by atomic mass is 10.2. The molecule has 0 aliphatic carbocycles. The van der Waals surface area contributed by atoms with Crippen molar-refractivity contribution in [3.63, 3.8) is 0 Å². The molecule has 0 heterocycles. The van der Waals surface area contributed by atoms with E-state index in [9.17, 15) is 9.50 Å². The van der Waals surface area contributed by atoms with Gasteiger partial charge in [0, 0.05) is 6.07 Å². The van der Waals surface area contributed by atoms with Gasteiger partial charge in [-0.05, 0) is 31.5 Å². The molecule has 0 fully saturated rings. The molecule has 0 aliphatic heterocycles. The molecule has 0 aromatic heterocycles. The summed E-state index contributed by atoms with van der Waals surface area (Å²) in [5.41, 5.74) is 0.447. The summed E-state index contributed by atoms with van der Waals surface area (Å²) in [7, 11) is 0. The van der Waals surface area contributed by atoms with E-state index in [2.05, 4.69) is 0 Å². The fraction of sp³-hybridized carbons (Fsp3) is 0.455. The van der Waals surface area contributed by atoms with E-state index >= 15 is 0 Å². The van der Waals surface area contributed by atoms with E-state index in [-0.39, 0.29) is 6.61 Å². The van der Waals surface area contributed by atoms with Crippen LogP contribution in [0.2, 0.25) is 0 Å². The summed E-state index contributed by atoms with van der Waals surface area (Å²) >= 11 is 0. The Kier molecular flexibility index (Phi) is 4.05. The van der Waals surface area contributed by atoms with Gasteiger partial charge >= 0.3 is 0 Å². The number of hydrogen-bond donors (Lipinski definition) is 2. The van der Waals surface area contributed by atoms with Crippen molar-refractivity contribution in [2.45, 2.75) is 32.7 Å². The summed E-state index contributed by atoms with van der Waals surface area (Å²) in [5.74, 6) is -0.151. The van der Waals surface area contributed by atoms with Gasteiger partial charge in [0.05, 0.1) is 12.7 Å². The molecular weight excluding hydrogens is 199 g/mol. The summed E-state index contributed by atoms with van der Waals surface area (Å²) in [5, 5.41) is 18.1. The van der Waals surface area contributed by atoms with Crippen molar-refractivity contribution in [1.29, 1.82) is 0 Å². The van der Waals surface area contributed by atoms with Crippen molar-refractivity contribution < 1.29 is 19.3 Å². The highest BCUT2D eigenvalue weighted by Crippen LogP contribution is 2.18. The minimum atomic E-state index is -0.633. The average molecular weight is 214 g/mol. The predicted molar refractivity (Wildman–Crippen MR) is 54.1 cm³/mol. The van der Waals surface area contributed by atoms with Crippen LogP contribution in [-0.2, 0) is 6.61 Å². The lowest BCUT2D eigenvalue weighted by Crippen LogP contribution is -2.25. The van der Waals surface area contributed by atoms with Crippen molar-refractivity contribution in [3.05, 3.63) is 29.6 Å². The van der Waals surface area contributed by atoms with Crippen LogP contribution >= 0.6 is 0 Å². The number of hydrogen-bond acceptors (Lipinski definition) is 3. The summed E-state index contributed by atoms with van der Waals surface area (Å²) < 4.78 is 18.3. The highest BCUT2D eigenvalue weighted by molar-refractivity contribution is 5.29. The van der Waals surface area contributed by atoms with Crippen LogP contribution in [0.15, 0.2) is 18.2 Å². The molecule has 1 aromatic rings. The molecule has 0 amide bonds. The molecule has 1 aromatic carbocycles. The zero-order valence-electron chi connectivity index (χ0n) is 8.77. The standard InChI is InChI=1S/C11H15FO3/c1-7(14)8(2)15-11-4-9(6-13)3-10(12)5-11/h3-5,7-8,13-14H,6H2,1-2H3. The van der Waals surface area contributed by atoms with Crippen LogP contribution in [0.1, 0.15) is 19.4 Å². The predicted octanol–water partition coefficient (Wildman–Crippen LogP) is 1.47. The Labute approximate surface area is 88.1 Å². The van der Waals surface area contributed by atoms with Crippen LogP contribution in [-0.4, -0.2) is 22.4 Å². The van der Waals surface area contributed by atoms with Gasteiger partial charge in [-0.2, -0.15) is 0 Å². The van der Waals surface area contributed by atoms with Gasteiger partial charge in [-0.15, -0.1) is 0 Å². The van der Waals surface area contributed by atoms with E-state index in [1.165, 1.54) is 12.1 Å². The molecule has 0 saturated carbocycles. The third kappa shape index (κ3) is 3.49. The molecule has 4 heteroatoms. The zero-order valence-corrected chi connectivity index (χ0v) is 8.77. The molecule has 1 rings (SSSR count). The van der Waals surface area contributed by atoms with Gasteiger partial charge < -0.3 is 14.9 Å². The molecule has 2 atom stereocenters. The number of aliphatic hydroxyl groups excluding tert-OH is 2. The fourth-order valence-corrected chi connectivity index (χ4v) is 1.09. The number of aliphatic hydroxyl groups is 2. The van der Waals surface area contributed by atoms with Crippen LogP contribution in [0.3, 0.4) is 0 Å². The molecule has 2 unspecified atom stereocenters. The smallest absolute Gasteiger partial charge is 0.127 e. The number of benzene rings is 1. The first-order chi connectivity index (χ1) is 7.02. The molecule has 0 aliphatic rings.